The molecule has 0 radical (unpaired) electrons. The molecule has 0 atom stereocenters. The van der Waals surface area contributed by atoms with E-state index < -0.39 is 0 Å². The van der Waals surface area contributed by atoms with Crippen molar-refractivity contribution in [2.75, 3.05) is 19.0 Å². The lowest BCUT2D eigenvalue weighted by Gasteiger charge is -2.10. The molecule has 0 aliphatic heterocycles. The van der Waals surface area contributed by atoms with E-state index in [4.69, 9.17) is 5.41 Å². The van der Waals surface area contributed by atoms with Gasteiger partial charge in [0.05, 0.1) is 17.6 Å². The zero-order valence-corrected chi connectivity index (χ0v) is 6.70. The molecule has 58 valence electrons. The molecule has 0 aliphatic rings. The van der Waals surface area contributed by atoms with E-state index in [9.17, 15) is 0 Å². The van der Waals surface area contributed by atoms with Gasteiger partial charge in [-0.3, -0.25) is 4.98 Å². The van der Waals surface area contributed by atoms with Crippen molar-refractivity contribution in [2.24, 2.45) is 0 Å². The lowest BCUT2D eigenvalue weighted by molar-refractivity contribution is 1.11. The Kier molecular flexibility index (Phi) is 2.21. The Morgan fingerprint density at radius 2 is 2.18 bits per heavy atom. The largest absolute Gasteiger partial charge is 0.376 e. The highest BCUT2D eigenvalue weighted by Gasteiger charge is 1.93. The molecule has 3 heteroatoms. The Morgan fingerprint density at radius 1 is 1.45 bits per heavy atom. The number of pyridine rings is 1. The molecule has 1 aromatic rings. The molecule has 0 saturated carbocycles. The van der Waals surface area contributed by atoms with E-state index in [1.807, 2.05) is 31.1 Å². The molecule has 3 nitrogen and oxygen atoms in total. The number of hydrogen-bond donors (Lipinski definition) is 1. The summed E-state index contributed by atoms with van der Waals surface area (Å²) in [5.41, 5.74) is 1.74. The smallest absolute Gasteiger partial charge is 0.0806 e. The summed E-state index contributed by atoms with van der Waals surface area (Å²) in [5.74, 6) is 0. The van der Waals surface area contributed by atoms with Crippen LogP contribution in [0.1, 0.15) is 5.69 Å². The van der Waals surface area contributed by atoms with Gasteiger partial charge in [-0.05, 0) is 12.1 Å². The van der Waals surface area contributed by atoms with E-state index in [0.717, 1.165) is 5.69 Å². The van der Waals surface area contributed by atoms with Crippen molar-refractivity contribution >= 4 is 11.9 Å². The Hall–Kier alpha value is -1.38. The molecule has 1 N–H and O–H groups in total. The fourth-order valence-corrected chi connectivity index (χ4v) is 0.747. The molecule has 0 spiro atoms. The number of nitrogens with zero attached hydrogens (tertiary/aromatic N) is 2. The van der Waals surface area contributed by atoms with Crippen LogP contribution >= 0.6 is 0 Å². The van der Waals surface area contributed by atoms with Crippen LogP contribution in [0.4, 0.5) is 5.69 Å². The number of anilines is 1. The summed E-state index contributed by atoms with van der Waals surface area (Å²) in [5, 5.41) is 6.92. The maximum atomic E-state index is 6.92. The number of hydrogen-bond acceptors (Lipinski definition) is 3. The molecular formula is C8H11N3. The van der Waals surface area contributed by atoms with Gasteiger partial charge < -0.3 is 10.3 Å². The van der Waals surface area contributed by atoms with Crippen molar-refractivity contribution in [1.29, 1.82) is 5.41 Å². The van der Waals surface area contributed by atoms with Crippen LogP contribution < -0.4 is 4.90 Å². The summed E-state index contributed by atoms with van der Waals surface area (Å²) in [6.07, 6.45) is 2.99. The molecule has 0 aromatic carbocycles. The van der Waals surface area contributed by atoms with E-state index in [1.165, 1.54) is 6.21 Å². The second-order valence-electron chi connectivity index (χ2n) is 2.48. The van der Waals surface area contributed by atoms with Gasteiger partial charge in [-0.15, -0.1) is 0 Å². The molecule has 1 heterocycles. The summed E-state index contributed by atoms with van der Waals surface area (Å²) in [6, 6.07) is 3.76. The summed E-state index contributed by atoms with van der Waals surface area (Å²) in [7, 11) is 3.92. The summed E-state index contributed by atoms with van der Waals surface area (Å²) in [4.78, 5) is 6.01. The van der Waals surface area contributed by atoms with E-state index >= 15 is 0 Å². The lowest BCUT2D eigenvalue weighted by Crippen LogP contribution is -2.08. The first-order valence-corrected chi connectivity index (χ1v) is 3.38. The molecule has 0 fully saturated rings. The number of nitrogens with one attached hydrogen (secondary N) is 1. The minimum absolute atomic E-state index is 0.690. The Bertz CT molecular complexity index is 238. The average Bonchev–Trinajstić information content (AvgIpc) is 2.05. The first kappa shape index (κ1) is 7.72. The van der Waals surface area contributed by atoms with Crippen LogP contribution in [0.5, 0.6) is 0 Å². The van der Waals surface area contributed by atoms with E-state index in [0.29, 0.717) is 5.69 Å². The molecule has 11 heavy (non-hydrogen) atoms. The lowest BCUT2D eigenvalue weighted by atomic mass is 10.3. The third-order valence-corrected chi connectivity index (χ3v) is 1.44. The van der Waals surface area contributed by atoms with Crippen LogP contribution in [0, 0.1) is 5.41 Å². The average molecular weight is 149 g/mol. The van der Waals surface area contributed by atoms with E-state index in [1.54, 1.807) is 6.20 Å². The Balaban J connectivity index is 2.91. The molecule has 0 saturated heterocycles. The third-order valence-electron chi connectivity index (χ3n) is 1.44. The van der Waals surface area contributed by atoms with Gasteiger partial charge in [-0.25, -0.2) is 0 Å². The maximum Gasteiger partial charge on any atom is 0.0806 e. The summed E-state index contributed by atoms with van der Waals surface area (Å²) < 4.78 is 0. The first-order valence-electron chi connectivity index (χ1n) is 3.38. The standard InChI is InChI=1S/C8H11N3/c1-11(2)8-4-3-7(5-9)10-6-8/h3-6,9H,1-2H3. The van der Waals surface area contributed by atoms with Gasteiger partial charge in [0.1, 0.15) is 0 Å². The first-order chi connectivity index (χ1) is 5.24. The monoisotopic (exact) mass is 149 g/mol. The van der Waals surface area contributed by atoms with E-state index in [2.05, 4.69) is 4.98 Å². The second-order valence-corrected chi connectivity index (χ2v) is 2.48. The van der Waals surface area contributed by atoms with Gasteiger partial charge in [-0.2, -0.15) is 0 Å². The maximum absolute atomic E-state index is 6.92. The Labute approximate surface area is 66.2 Å². The fourth-order valence-electron chi connectivity index (χ4n) is 0.747. The number of rotatable bonds is 2. The third kappa shape index (κ3) is 1.77. The topological polar surface area (TPSA) is 40.0 Å². The van der Waals surface area contributed by atoms with Gasteiger partial charge in [-0.1, -0.05) is 0 Å². The van der Waals surface area contributed by atoms with Crippen molar-refractivity contribution in [3.05, 3.63) is 24.0 Å². The van der Waals surface area contributed by atoms with Crippen molar-refractivity contribution in [3.63, 3.8) is 0 Å². The molecule has 0 aliphatic carbocycles. The highest BCUT2D eigenvalue weighted by atomic mass is 15.1. The van der Waals surface area contributed by atoms with Crippen molar-refractivity contribution < 1.29 is 0 Å². The van der Waals surface area contributed by atoms with Crippen LogP contribution in [-0.4, -0.2) is 25.3 Å². The van der Waals surface area contributed by atoms with Gasteiger partial charge in [0, 0.05) is 20.3 Å². The summed E-state index contributed by atoms with van der Waals surface area (Å²) in [6.45, 7) is 0. The van der Waals surface area contributed by atoms with E-state index in [-0.39, 0.29) is 0 Å². The van der Waals surface area contributed by atoms with Crippen LogP contribution in [0.25, 0.3) is 0 Å². The highest BCUT2D eigenvalue weighted by Crippen LogP contribution is 2.07. The predicted molar refractivity (Wildman–Crippen MR) is 46.4 cm³/mol. The predicted octanol–water partition coefficient (Wildman–Crippen LogP) is 1.15. The normalized spacial score (nSPS) is 9.27. The Morgan fingerprint density at radius 3 is 2.55 bits per heavy atom. The quantitative estimate of drug-likeness (QED) is 0.640. The van der Waals surface area contributed by atoms with Gasteiger partial charge >= 0.3 is 0 Å². The molecule has 0 unspecified atom stereocenters. The highest BCUT2D eigenvalue weighted by molar-refractivity contribution is 5.74. The van der Waals surface area contributed by atoms with Gasteiger partial charge in [0.25, 0.3) is 0 Å². The van der Waals surface area contributed by atoms with Crippen molar-refractivity contribution in [2.45, 2.75) is 0 Å². The molecule has 1 aromatic heterocycles. The van der Waals surface area contributed by atoms with Gasteiger partial charge in [0.15, 0.2) is 0 Å². The van der Waals surface area contributed by atoms with Crippen LogP contribution in [0.2, 0.25) is 0 Å². The second kappa shape index (κ2) is 3.14. The minimum atomic E-state index is 0.690. The molecule has 1 rings (SSSR count). The van der Waals surface area contributed by atoms with Crippen molar-refractivity contribution in [1.82, 2.24) is 4.98 Å². The number of aromatic nitrogens is 1. The van der Waals surface area contributed by atoms with Crippen molar-refractivity contribution in [3.8, 4) is 0 Å². The fraction of sp³-hybridized carbons (Fsp3) is 0.250. The van der Waals surface area contributed by atoms with Crippen LogP contribution in [0.15, 0.2) is 18.3 Å². The molecular weight excluding hydrogens is 138 g/mol. The molecule has 0 bridgehead atoms. The zero-order valence-electron chi connectivity index (χ0n) is 6.70. The minimum Gasteiger partial charge on any atom is -0.376 e. The van der Waals surface area contributed by atoms with Crippen LogP contribution in [-0.2, 0) is 0 Å². The zero-order chi connectivity index (χ0) is 8.27. The molecule has 0 amide bonds. The van der Waals surface area contributed by atoms with Gasteiger partial charge in [0.2, 0.25) is 0 Å². The van der Waals surface area contributed by atoms with Crippen LogP contribution in [0.3, 0.4) is 0 Å². The SMILES string of the molecule is CN(C)c1ccc(C=N)nc1. The summed E-state index contributed by atoms with van der Waals surface area (Å²) >= 11 is 0.